The predicted molar refractivity (Wildman–Crippen MR) is 139 cm³/mol. The third kappa shape index (κ3) is 6.76. The van der Waals surface area contributed by atoms with Gasteiger partial charge in [0, 0.05) is 18.2 Å². The Morgan fingerprint density at radius 2 is 1.68 bits per heavy atom. The number of ether oxygens (including phenoxy) is 2. The van der Waals surface area contributed by atoms with Gasteiger partial charge in [0.15, 0.2) is 11.5 Å². The van der Waals surface area contributed by atoms with E-state index in [1.54, 1.807) is 30.3 Å². The van der Waals surface area contributed by atoms with Crippen molar-refractivity contribution in [3.05, 3.63) is 72.3 Å². The molecule has 3 rings (SSSR count). The smallest absolute Gasteiger partial charge is 0.264 e. The number of nitrogens with zero attached hydrogens (tertiary/aromatic N) is 2. The van der Waals surface area contributed by atoms with Crippen LogP contribution in [0.1, 0.15) is 12.5 Å². The average molecular weight is 527 g/mol. The molecule has 3 aromatic carbocycles. The first-order valence-corrected chi connectivity index (χ1v) is 12.3. The molecule has 37 heavy (non-hydrogen) atoms. The van der Waals surface area contributed by atoms with E-state index in [1.165, 1.54) is 63.8 Å². The zero-order chi connectivity index (χ0) is 27.0. The van der Waals surface area contributed by atoms with E-state index in [9.17, 15) is 23.1 Å². The van der Waals surface area contributed by atoms with Crippen molar-refractivity contribution in [2.45, 2.75) is 11.8 Å². The van der Waals surface area contributed by atoms with Crippen molar-refractivity contribution in [3.8, 4) is 17.2 Å². The fraction of sp³-hybridized carbons (Fsp3) is 0.160. The molecule has 12 heteroatoms. The van der Waals surface area contributed by atoms with Crippen molar-refractivity contribution in [1.82, 2.24) is 5.43 Å². The molecule has 0 aliphatic rings. The Bertz CT molecular complexity index is 1390. The van der Waals surface area contributed by atoms with Crippen LogP contribution in [0, 0.1) is 0 Å². The van der Waals surface area contributed by atoms with Crippen molar-refractivity contribution in [2.75, 3.05) is 30.4 Å². The molecule has 0 aliphatic heterocycles. The maximum atomic E-state index is 13.5. The number of para-hydroxylation sites is 1. The molecule has 0 aliphatic carbocycles. The van der Waals surface area contributed by atoms with Crippen LogP contribution in [-0.2, 0) is 19.6 Å². The number of carbonyl (C=O) groups is 2. The number of amides is 2. The van der Waals surface area contributed by atoms with Crippen LogP contribution in [0.25, 0.3) is 0 Å². The van der Waals surface area contributed by atoms with Gasteiger partial charge in [0.05, 0.1) is 31.0 Å². The largest absolute Gasteiger partial charge is 0.504 e. The minimum Gasteiger partial charge on any atom is -0.504 e. The molecule has 194 valence electrons. The number of hydrogen-bond donors (Lipinski definition) is 3. The van der Waals surface area contributed by atoms with Crippen LogP contribution >= 0.6 is 0 Å². The van der Waals surface area contributed by atoms with Gasteiger partial charge in [-0.15, -0.1) is 0 Å². The van der Waals surface area contributed by atoms with Gasteiger partial charge in [-0.25, -0.2) is 13.8 Å². The zero-order valence-corrected chi connectivity index (χ0v) is 21.2. The summed E-state index contributed by atoms with van der Waals surface area (Å²) in [5.74, 6) is -0.444. The highest BCUT2D eigenvalue weighted by molar-refractivity contribution is 7.92. The molecule has 3 aromatic rings. The molecular weight excluding hydrogens is 500 g/mol. The van der Waals surface area contributed by atoms with E-state index in [0.717, 1.165) is 4.31 Å². The molecule has 0 saturated carbocycles. The first-order valence-electron chi connectivity index (χ1n) is 10.9. The number of anilines is 2. The summed E-state index contributed by atoms with van der Waals surface area (Å²) in [6, 6.07) is 16.5. The summed E-state index contributed by atoms with van der Waals surface area (Å²) in [7, 11) is -1.32. The van der Waals surface area contributed by atoms with Crippen molar-refractivity contribution < 1.29 is 32.6 Å². The molecule has 3 N–H and O–H groups in total. The Balaban J connectivity index is 1.86. The second-order valence-corrected chi connectivity index (χ2v) is 9.47. The summed E-state index contributed by atoms with van der Waals surface area (Å²) < 4.78 is 38.1. The van der Waals surface area contributed by atoms with Crippen LogP contribution in [0.4, 0.5) is 11.4 Å². The van der Waals surface area contributed by atoms with Crippen molar-refractivity contribution in [2.24, 2.45) is 5.10 Å². The lowest BCUT2D eigenvalue weighted by Gasteiger charge is -2.24. The van der Waals surface area contributed by atoms with Gasteiger partial charge in [0.25, 0.3) is 15.9 Å². The summed E-state index contributed by atoms with van der Waals surface area (Å²) in [6.45, 7) is 0.746. The normalized spacial score (nSPS) is 11.1. The SMILES string of the molecule is COc1ccc(N(CC(=O)N/N=C/c2cccc(OC)c2O)S(=O)(=O)c2ccc(NC(C)=O)cc2)cc1. The van der Waals surface area contributed by atoms with Crippen LogP contribution in [0.15, 0.2) is 76.7 Å². The number of aromatic hydroxyl groups is 1. The number of hydrogen-bond acceptors (Lipinski definition) is 8. The maximum absolute atomic E-state index is 13.5. The molecule has 0 radical (unpaired) electrons. The third-order valence-electron chi connectivity index (χ3n) is 5.05. The Hall–Kier alpha value is -4.58. The number of benzene rings is 3. The van der Waals surface area contributed by atoms with Gasteiger partial charge in [-0.1, -0.05) is 6.07 Å². The molecule has 11 nitrogen and oxygen atoms in total. The monoisotopic (exact) mass is 526 g/mol. The molecule has 0 heterocycles. The average Bonchev–Trinajstić information content (AvgIpc) is 2.88. The van der Waals surface area contributed by atoms with E-state index in [2.05, 4.69) is 15.8 Å². The molecule has 0 atom stereocenters. The van der Waals surface area contributed by atoms with Crippen LogP contribution in [0.2, 0.25) is 0 Å². The van der Waals surface area contributed by atoms with E-state index < -0.39 is 22.5 Å². The summed E-state index contributed by atoms with van der Waals surface area (Å²) >= 11 is 0. The number of hydrazone groups is 1. The standard InChI is InChI=1S/C25H26N4O7S/c1-17(30)27-19-7-13-22(14-8-19)37(33,34)29(20-9-11-21(35-2)12-10-20)16-24(31)28-26-15-18-5-4-6-23(36-3)25(18)32/h4-15,32H,16H2,1-3H3,(H,27,30)(H,28,31)/b26-15+. The molecule has 0 unspecified atom stereocenters. The van der Waals surface area contributed by atoms with Gasteiger partial charge in [-0.2, -0.15) is 5.10 Å². The van der Waals surface area contributed by atoms with Gasteiger partial charge in [-0.05, 0) is 60.7 Å². The Kier molecular flexibility index (Phi) is 8.69. The first-order chi connectivity index (χ1) is 17.6. The van der Waals surface area contributed by atoms with Gasteiger partial charge in [-0.3, -0.25) is 13.9 Å². The maximum Gasteiger partial charge on any atom is 0.264 e. The van der Waals surface area contributed by atoms with Gasteiger partial charge >= 0.3 is 0 Å². The second kappa shape index (κ2) is 11.9. The molecule has 0 aromatic heterocycles. The lowest BCUT2D eigenvalue weighted by atomic mass is 10.2. The lowest BCUT2D eigenvalue weighted by Crippen LogP contribution is -2.39. The van der Waals surface area contributed by atoms with Crippen molar-refractivity contribution in [1.29, 1.82) is 0 Å². The molecule has 0 fully saturated rings. The summed E-state index contributed by atoms with van der Waals surface area (Å²) in [5.41, 5.74) is 3.21. The van der Waals surface area contributed by atoms with Gasteiger partial charge in [0.1, 0.15) is 12.3 Å². The fourth-order valence-electron chi connectivity index (χ4n) is 3.25. The van der Waals surface area contributed by atoms with Gasteiger partial charge < -0.3 is 19.9 Å². The number of carbonyl (C=O) groups excluding carboxylic acids is 2. The quantitative estimate of drug-likeness (QED) is 0.272. The van der Waals surface area contributed by atoms with Crippen LogP contribution in [0.5, 0.6) is 17.2 Å². The predicted octanol–water partition coefficient (Wildman–Crippen LogP) is 2.71. The van der Waals surface area contributed by atoms with Gasteiger partial charge in [0.2, 0.25) is 5.91 Å². The molecule has 0 saturated heterocycles. The van der Waals surface area contributed by atoms with Crippen molar-refractivity contribution in [3.63, 3.8) is 0 Å². The highest BCUT2D eigenvalue weighted by Crippen LogP contribution is 2.28. The Labute approximate surface area is 214 Å². The van der Waals surface area contributed by atoms with E-state index in [-0.39, 0.29) is 28.0 Å². The summed E-state index contributed by atoms with van der Waals surface area (Å²) in [5, 5.41) is 16.5. The topological polar surface area (TPSA) is 147 Å². The summed E-state index contributed by atoms with van der Waals surface area (Å²) in [6.07, 6.45) is 1.21. The number of phenols is 1. The number of phenolic OH excluding ortho intramolecular Hbond substituents is 1. The number of nitrogens with one attached hydrogen (secondary N) is 2. The van der Waals surface area contributed by atoms with Crippen molar-refractivity contribution >= 4 is 39.4 Å². The van der Waals surface area contributed by atoms with Crippen LogP contribution in [0.3, 0.4) is 0 Å². The fourth-order valence-corrected chi connectivity index (χ4v) is 4.67. The Morgan fingerprint density at radius 3 is 2.27 bits per heavy atom. The zero-order valence-electron chi connectivity index (χ0n) is 20.3. The van der Waals surface area contributed by atoms with E-state index in [0.29, 0.717) is 17.0 Å². The van der Waals surface area contributed by atoms with Crippen LogP contribution in [-0.4, -0.2) is 52.3 Å². The molecule has 0 bridgehead atoms. The number of sulfonamides is 1. The van der Waals surface area contributed by atoms with E-state index in [1.807, 2.05) is 0 Å². The molecule has 2 amide bonds. The molecule has 0 spiro atoms. The summed E-state index contributed by atoms with van der Waals surface area (Å²) in [4.78, 5) is 23.9. The number of methoxy groups -OCH3 is 2. The minimum atomic E-state index is -4.20. The highest BCUT2D eigenvalue weighted by atomic mass is 32.2. The van der Waals surface area contributed by atoms with E-state index >= 15 is 0 Å². The third-order valence-corrected chi connectivity index (χ3v) is 6.84. The lowest BCUT2D eigenvalue weighted by molar-refractivity contribution is -0.119. The number of rotatable bonds is 10. The Morgan fingerprint density at radius 1 is 1.00 bits per heavy atom. The minimum absolute atomic E-state index is 0.0879. The molecular formula is C25H26N4O7S. The van der Waals surface area contributed by atoms with E-state index in [4.69, 9.17) is 9.47 Å². The first kappa shape index (κ1) is 27.0. The van der Waals surface area contributed by atoms with Crippen LogP contribution < -0.4 is 24.5 Å². The second-order valence-electron chi connectivity index (χ2n) is 7.61. The highest BCUT2D eigenvalue weighted by Gasteiger charge is 2.27.